The van der Waals surface area contributed by atoms with Crippen molar-refractivity contribution in [2.24, 2.45) is 0 Å². The van der Waals surface area contributed by atoms with Crippen molar-refractivity contribution in [1.29, 1.82) is 0 Å². The third-order valence-electron chi connectivity index (χ3n) is 0.750. The molecule has 0 aliphatic rings. The fourth-order valence-electron chi connectivity index (χ4n) is 0. The molecule has 0 spiro atoms. The SMILES string of the molecule is CN[C](C)([Rb])[RaH]. The van der Waals surface area contributed by atoms with Gasteiger partial charge in [-0.15, -0.1) is 0 Å². The van der Waals surface area contributed by atoms with E-state index in [9.17, 15) is 0 Å². The minimum absolute atomic E-state index is 0.714. The number of rotatable bonds is 1. The molecule has 0 aromatic heterocycles. The van der Waals surface area contributed by atoms with Crippen LogP contribution in [0.4, 0.5) is 0 Å². The molecule has 0 bridgehead atoms. The van der Waals surface area contributed by atoms with Crippen LogP contribution in [0.25, 0.3) is 0 Å². The summed E-state index contributed by atoms with van der Waals surface area (Å²) >= 11 is 1.57. The first kappa shape index (κ1) is 9.23. The first-order valence-electron chi connectivity index (χ1n) is 2.25. The average Bonchev–Trinajstić information content (AvgIpc) is 1.35. The molecule has 0 radical (unpaired) electrons. The van der Waals surface area contributed by atoms with E-state index in [1.54, 1.807) is 0 Å². The van der Waals surface area contributed by atoms with Gasteiger partial charge in [0.2, 0.25) is 0 Å². The Bertz CT molecular complexity index is 40.5. The van der Waals surface area contributed by atoms with Crippen molar-refractivity contribution >= 4 is 55.5 Å². The van der Waals surface area contributed by atoms with Gasteiger partial charge in [0.1, 0.15) is 0 Å². The van der Waals surface area contributed by atoms with E-state index in [0.717, 1.165) is 49.2 Å². The molecule has 0 saturated carbocycles. The van der Waals surface area contributed by atoms with Crippen molar-refractivity contribution in [2.75, 3.05) is 7.05 Å². The van der Waals surface area contributed by atoms with Gasteiger partial charge in [0.25, 0.3) is 0 Å². The van der Waals surface area contributed by atoms with E-state index in [1.807, 2.05) is 0 Å². The van der Waals surface area contributed by atoms with Crippen LogP contribution in [0.1, 0.15) is 6.92 Å². The van der Waals surface area contributed by atoms with Crippen LogP contribution < -0.4 is 5.32 Å². The van der Waals surface area contributed by atoms with Gasteiger partial charge in [-0.2, -0.15) is 0 Å². The van der Waals surface area contributed by atoms with E-state index in [-0.39, 0.29) is 0 Å². The fourth-order valence-corrected chi connectivity index (χ4v) is 0. The first-order valence-corrected chi connectivity index (χ1v) is 8.82. The summed E-state index contributed by atoms with van der Waals surface area (Å²) < 4.78 is 0.731. The van der Waals surface area contributed by atoms with Crippen molar-refractivity contribution in [3.8, 4) is 0 Å². The van der Waals surface area contributed by atoms with Crippen molar-refractivity contribution in [2.45, 2.75) is 0.572 Å². The molecule has 3 heteroatoms. The standard InChI is InChI=1S/C3H7N.Ra.Rb.H/c1-3-4-2;;;/h4H,1-2H3;;;. The third-order valence-corrected chi connectivity index (χ3v) is 4.03. The fraction of sp³-hybridized carbons (Fsp3) is 1.00. The van der Waals surface area contributed by atoms with Crippen LogP contribution in [0, 0.1) is 42.8 Å². The summed E-state index contributed by atoms with van der Waals surface area (Å²) in [5.74, 6) is 0. The molecule has 0 aliphatic carbocycles. The summed E-state index contributed by atoms with van der Waals surface area (Å²) in [6.45, 7) is 2.33. The summed E-state index contributed by atoms with van der Waals surface area (Å²) in [6, 6.07) is 0. The van der Waals surface area contributed by atoms with Gasteiger partial charge in [-0.1, -0.05) is 0 Å². The van der Waals surface area contributed by atoms with Gasteiger partial charge in [-0.05, 0) is 0 Å². The minimum atomic E-state index is 0.714. The van der Waals surface area contributed by atoms with Gasteiger partial charge in [-0.3, -0.25) is 0 Å². The molecule has 6 heavy (non-hydrogen) atoms. The molecule has 0 amide bonds. The Morgan fingerprint density at radius 1 is 1.83 bits per heavy atom. The molecular weight excluding hydrogens is 362 g/mol. The van der Waals surface area contributed by atoms with Crippen molar-refractivity contribution in [3.05, 3.63) is 0 Å². The van der Waals surface area contributed by atoms with Gasteiger partial charge < -0.3 is 0 Å². The van der Waals surface area contributed by atoms with Crippen LogP contribution in [-0.4, -0.2) is 56.2 Å². The Hall–Kier alpha value is 3.23. The van der Waals surface area contributed by atoms with E-state index in [2.05, 4.69) is 19.3 Å². The molecule has 0 fully saturated rings. The maximum atomic E-state index is 3.30. The molecule has 0 aliphatic heterocycles. The zero-order valence-electron chi connectivity index (χ0n) is 5.00. The zero-order valence-corrected chi connectivity index (χ0v) is 18.1. The second-order valence-electron chi connectivity index (χ2n) is 2.50. The van der Waals surface area contributed by atoms with Crippen LogP contribution in [0.15, 0.2) is 0 Å². The third kappa shape index (κ3) is 7.23. The van der Waals surface area contributed by atoms with Crippen LogP contribution >= 0.6 is 0 Å². The van der Waals surface area contributed by atoms with Crippen LogP contribution in [-0.2, 0) is 0 Å². The first-order chi connectivity index (χ1) is 2.56. The summed E-state index contributed by atoms with van der Waals surface area (Å²) in [4.78, 5) is 0. The Kier molecular flexibility index (Phi) is 6.33. The molecule has 1 unspecified atom stereocenters. The van der Waals surface area contributed by atoms with E-state index < -0.39 is 0 Å². The van der Waals surface area contributed by atoms with Gasteiger partial charge in [0, 0.05) is 0 Å². The van der Waals surface area contributed by atoms with Gasteiger partial charge >= 0.3 is 111 Å². The number of hydrogen-bond donors (Lipinski definition) is 1. The summed E-state index contributed by atoms with van der Waals surface area (Å²) in [7, 11) is 2.07. The van der Waals surface area contributed by atoms with Crippen LogP contribution in [0.2, 0.25) is 0 Å². The van der Waals surface area contributed by atoms with Crippen molar-refractivity contribution in [1.82, 2.24) is 5.32 Å². The monoisotopic (exact) mass is 369 g/mol. The van der Waals surface area contributed by atoms with Crippen molar-refractivity contribution < 1.29 is 42.8 Å². The normalized spacial score (nSPS) is 19.8. The van der Waals surface area contributed by atoms with E-state index in [4.69, 9.17) is 0 Å². The molecule has 0 aromatic carbocycles. The average molecular weight is 370 g/mol. The molecule has 0 saturated heterocycles. The Balaban J connectivity index is 3.17. The molecule has 0 aromatic rings. The second-order valence-corrected chi connectivity index (χ2v) is 39.1. The molecule has 1 atom stereocenters. The van der Waals surface area contributed by atoms with Crippen LogP contribution in [0.3, 0.4) is 0 Å². The molecule has 1 N–H and O–H groups in total. The molecular formula is C3H8NRaRb. The van der Waals surface area contributed by atoms with Gasteiger partial charge in [0.15, 0.2) is 0 Å². The van der Waals surface area contributed by atoms with Gasteiger partial charge in [0.05, 0.1) is 0 Å². The molecule has 0 rings (SSSR count). The zero-order chi connectivity index (χ0) is 5.21. The Morgan fingerprint density at radius 2 is 2.00 bits per heavy atom. The van der Waals surface area contributed by atoms with Crippen molar-refractivity contribution in [3.63, 3.8) is 0 Å². The predicted octanol–water partition coefficient (Wildman–Crippen LogP) is -0.670. The Morgan fingerprint density at radius 3 is 2.00 bits per heavy atom. The quantitative estimate of drug-likeness (QED) is 0.647. The topological polar surface area (TPSA) is 12.0 Å². The molecule has 0 heterocycles. The molecule has 1 nitrogen and oxygen atoms in total. The number of nitrogens with one attached hydrogen (secondary N) is 1. The maximum absolute atomic E-state index is 3.30. The summed E-state index contributed by atoms with van der Waals surface area (Å²) in [5.41, 5.74) is 0. The molecule has 28 valence electrons. The van der Waals surface area contributed by atoms with E-state index in [0.29, 0.717) is 42.8 Å². The predicted molar refractivity (Wildman–Crippen MR) is 24.6 cm³/mol. The van der Waals surface area contributed by atoms with Gasteiger partial charge in [-0.25, -0.2) is 0 Å². The van der Waals surface area contributed by atoms with Crippen LogP contribution in [0.5, 0.6) is 0 Å². The second kappa shape index (κ2) is 4.11. The Labute approximate surface area is 107 Å². The summed E-state index contributed by atoms with van der Waals surface area (Å²) in [6.07, 6.45) is 0. The van der Waals surface area contributed by atoms with E-state index in [1.165, 1.54) is 0 Å². The summed E-state index contributed by atoms with van der Waals surface area (Å²) in [5, 5.41) is 3.30. The number of hydrogen-bond acceptors (Lipinski definition) is 1. The van der Waals surface area contributed by atoms with E-state index >= 15 is 0 Å².